The molecule has 6 heteroatoms. The molecule has 0 atom stereocenters. The van der Waals surface area contributed by atoms with Gasteiger partial charge < -0.3 is 5.32 Å². The first kappa shape index (κ1) is 13.0. The number of aromatic amines is 1. The van der Waals surface area contributed by atoms with Gasteiger partial charge in [0.25, 0.3) is 0 Å². The molecule has 1 aromatic carbocycles. The SMILES string of the molecule is Fc1ccc(-c2[nH]ncc2CNCc2nccs2)cc1. The van der Waals surface area contributed by atoms with Crippen LogP contribution in [-0.2, 0) is 13.1 Å². The summed E-state index contributed by atoms with van der Waals surface area (Å²) >= 11 is 1.62. The van der Waals surface area contributed by atoms with Crippen LogP contribution >= 0.6 is 11.3 Å². The zero-order valence-electron chi connectivity index (χ0n) is 10.6. The Labute approximate surface area is 119 Å². The van der Waals surface area contributed by atoms with Crippen molar-refractivity contribution in [2.24, 2.45) is 0 Å². The van der Waals surface area contributed by atoms with Crippen LogP contribution in [0.15, 0.2) is 42.0 Å². The lowest BCUT2D eigenvalue weighted by molar-refractivity contribution is 0.628. The van der Waals surface area contributed by atoms with Gasteiger partial charge in [-0.25, -0.2) is 9.37 Å². The summed E-state index contributed by atoms with van der Waals surface area (Å²) in [6, 6.07) is 6.38. The molecule has 0 bridgehead atoms. The van der Waals surface area contributed by atoms with Crippen LogP contribution in [0.25, 0.3) is 11.3 Å². The number of hydrogen-bond acceptors (Lipinski definition) is 4. The number of H-pyrrole nitrogens is 1. The number of nitrogens with one attached hydrogen (secondary N) is 2. The van der Waals surface area contributed by atoms with Gasteiger partial charge in [0.1, 0.15) is 10.8 Å². The quantitative estimate of drug-likeness (QED) is 0.759. The fourth-order valence-electron chi connectivity index (χ4n) is 1.96. The van der Waals surface area contributed by atoms with E-state index in [2.05, 4.69) is 20.5 Å². The molecule has 3 rings (SSSR count). The second-order valence-electron chi connectivity index (χ2n) is 4.31. The first-order valence-corrected chi connectivity index (χ1v) is 7.08. The van der Waals surface area contributed by atoms with Gasteiger partial charge in [-0.15, -0.1) is 11.3 Å². The lowest BCUT2D eigenvalue weighted by Crippen LogP contribution is -2.12. The summed E-state index contributed by atoms with van der Waals surface area (Å²) < 4.78 is 12.9. The number of benzene rings is 1. The summed E-state index contributed by atoms with van der Waals surface area (Å²) in [6.07, 6.45) is 3.58. The van der Waals surface area contributed by atoms with Crippen LogP contribution in [0.4, 0.5) is 4.39 Å². The molecule has 0 unspecified atom stereocenters. The highest BCUT2D eigenvalue weighted by Crippen LogP contribution is 2.21. The maximum absolute atomic E-state index is 12.9. The largest absolute Gasteiger partial charge is 0.306 e. The van der Waals surface area contributed by atoms with E-state index in [-0.39, 0.29) is 5.82 Å². The minimum absolute atomic E-state index is 0.239. The van der Waals surface area contributed by atoms with Gasteiger partial charge in [-0.3, -0.25) is 5.10 Å². The first-order valence-electron chi connectivity index (χ1n) is 6.20. The summed E-state index contributed by atoms with van der Waals surface area (Å²) in [4.78, 5) is 4.22. The molecule has 0 amide bonds. The molecule has 0 aliphatic rings. The van der Waals surface area contributed by atoms with Crippen LogP contribution in [-0.4, -0.2) is 15.2 Å². The number of thiazole rings is 1. The van der Waals surface area contributed by atoms with Gasteiger partial charge in [0.15, 0.2) is 0 Å². The zero-order chi connectivity index (χ0) is 13.8. The molecule has 20 heavy (non-hydrogen) atoms. The monoisotopic (exact) mass is 288 g/mol. The van der Waals surface area contributed by atoms with E-state index in [9.17, 15) is 4.39 Å². The Morgan fingerprint density at radius 1 is 1.20 bits per heavy atom. The van der Waals surface area contributed by atoms with Crippen molar-refractivity contribution in [3.05, 3.63) is 58.4 Å². The van der Waals surface area contributed by atoms with Gasteiger partial charge in [0.2, 0.25) is 0 Å². The Bertz CT molecular complexity index is 661. The molecule has 3 aromatic rings. The van der Waals surface area contributed by atoms with Crippen molar-refractivity contribution in [3.63, 3.8) is 0 Å². The Kier molecular flexibility index (Phi) is 3.85. The molecule has 0 saturated heterocycles. The zero-order valence-corrected chi connectivity index (χ0v) is 11.5. The molecule has 0 aliphatic carbocycles. The van der Waals surface area contributed by atoms with Crippen LogP contribution in [0, 0.1) is 5.82 Å². The summed E-state index contributed by atoms with van der Waals surface area (Å²) in [5, 5.41) is 13.4. The van der Waals surface area contributed by atoms with Crippen molar-refractivity contribution in [3.8, 4) is 11.3 Å². The molecule has 0 saturated carbocycles. The third kappa shape index (κ3) is 2.92. The molecule has 2 N–H and O–H groups in total. The number of rotatable bonds is 5. The second kappa shape index (κ2) is 5.94. The maximum atomic E-state index is 12.9. The smallest absolute Gasteiger partial charge is 0.123 e. The molecule has 4 nitrogen and oxygen atoms in total. The Morgan fingerprint density at radius 2 is 2.05 bits per heavy atom. The van der Waals surface area contributed by atoms with Gasteiger partial charge >= 0.3 is 0 Å². The minimum atomic E-state index is -0.239. The van der Waals surface area contributed by atoms with E-state index in [1.54, 1.807) is 35.9 Å². The predicted octanol–water partition coefficient (Wildman–Crippen LogP) is 2.96. The third-order valence-electron chi connectivity index (χ3n) is 2.93. The molecule has 102 valence electrons. The molecule has 0 fully saturated rings. The molecule has 2 heterocycles. The fourth-order valence-corrected chi connectivity index (χ4v) is 2.54. The average molecular weight is 288 g/mol. The summed E-state index contributed by atoms with van der Waals surface area (Å²) in [5.74, 6) is -0.239. The minimum Gasteiger partial charge on any atom is -0.306 e. The maximum Gasteiger partial charge on any atom is 0.123 e. The topological polar surface area (TPSA) is 53.6 Å². The summed E-state index contributed by atoms with van der Waals surface area (Å²) in [7, 11) is 0. The van der Waals surface area contributed by atoms with Gasteiger partial charge in [0, 0.05) is 35.8 Å². The van der Waals surface area contributed by atoms with Crippen LogP contribution in [0.5, 0.6) is 0 Å². The number of aromatic nitrogens is 3. The molecule has 0 aliphatic heterocycles. The van der Waals surface area contributed by atoms with E-state index in [1.165, 1.54) is 12.1 Å². The van der Waals surface area contributed by atoms with E-state index >= 15 is 0 Å². The Hall–Kier alpha value is -2.05. The Morgan fingerprint density at radius 3 is 2.80 bits per heavy atom. The summed E-state index contributed by atoms with van der Waals surface area (Å²) in [5.41, 5.74) is 2.89. The highest BCUT2D eigenvalue weighted by Gasteiger charge is 2.07. The molecule has 0 spiro atoms. The van der Waals surface area contributed by atoms with Crippen molar-refractivity contribution in [2.45, 2.75) is 13.1 Å². The fraction of sp³-hybridized carbons (Fsp3) is 0.143. The normalized spacial score (nSPS) is 10.8. The van der Waals surface area contributed by atoms with E-state index in [0.29, 0.717) is 6.54 Å². The van der Waals surface area contributed by atoms with Crippen molar-refractivity contribution in [1.29, 1.82) is 0 Å². The highest BCUT2D eigenvalue weighted by atomic mass is 32.1. The van der Waals surface area contributed by atoms with Gasteiger partial charge in [-0.2, -0.15) is 5.10 Å². The lowest BCUT2D eigenvalue weighted by atomic mass is 10.1. The van der Waals surface area contributed by atoms with Gasteiger partial charge in [0.05, 0.1) is 11.9 Å². The van der Waals surface area contributed by atoms with Gasteiger partial charge in [-0.05, 0) is 24.3 Å². The predicted molar refractivity (Wildman–Crippen MR) is 76.6 cm³/mol. The van der Waals surface area contributed by atoms with Crippen molar-refractivity contribution < 1.29 is 4.39 Å². The van der Waals surface area contributed by atoms with Crippen molar-refractivity contribution >= 4 is 11.3 Å². The first-order chi connectivity index (χ1) is 9.83. The van der Waals surface area contributed by atoms with Gasteiger partial charge in [-0.1, -0.05) is 0 Å². The van der Waals surface area contributed by atoms with E-state index in [1.807, 2.05) is 5.38 Å². The van der Waals surface area contributed by atoms with Crippen molar-refractivity contribution in [2.75, 3.05) is 0 Å². The van der Waals surface area contributed by atoms with E-state index < -0.39 is 0 Å². The highest BCUT2D eigenvalue weighted by molar-refractivity contribution is 7.09. The standard InChI is InChI=1S/C14H13FN4S/c15-12-3-1-10(2-4-12)14-11(8-18-19-14)7-16-9-13-17-5-6-20-13/h1-6,8,16H,7,9H2,(H,18,19). The van der Waals surface area contributed by atoms with E-state index in [0.717, 1.165) is 28.4 Å². The molecular formula is C14H13FN4S. The summed E-state index contributed by atoms with van der Waals surface area (Å²) in [6.45, 7) is 1.41. The average Bonchev–Trinajstić information content (AvgIpc) is 3.11. The van der Waals surface area contributed by atoms with Crippen LogP contribution in [0.1, 0.15) is 10.6 Å². The second-order valence-corrected chi connectivity index (χ2v) is 5.29. The van der Waals surface area contributed by atoms with Crippen LogP contribution in [0.2, 0.25) is 0 Å². The van der Waals surface area contributed by atoms with Crippen LogP contribution < -0.4 is 5.32 Å². The number of halogens is 1. The lowest BCUT2D eigenvalue weighted by Gasteiger charge is -2.04. The Balaban J connectivity index is 1.68. The van der Waals surface area contributed by atoms with Crippen LogP contribution in [0.3, 0.4) is 0 Å². The number of hydrogen-bond donors (Lipinski definition) is 2. The molecular weight excluding hydrogens is 275 g/mol. The molecule has 2 aromatic heterocycles. The number of nitrogens with zero attached hydrogens (tertiary/aromatic N) is 2. The van der Waals surface area contributed by atoms with Crippen molar-refractivity contribution in [1.82, 2.24) is 20.5 Å². The van der Waals surface area contributed by atoms with E-state index in [4.69, 9.17) is 0 Å². The third-order valence-corrected chi connectivity index (χ3v) is 3.71. The molecule has 0 radical (unpaired) electrons.